The van der Waals surface area contributed by atoms with Crippen LogP contribution in [-0.2, 0) is 4.79 Å². The van der Waals surface area contributed by atoms with E-state index in [-0.39, 0.29) is 24.2 Å². The standard InChI is InChI=1S/C27H32N4O2/c1-3-17-31(27(33)25-20-29-21(2)19-30-25)18-15-26(32)28-16-14-24(22-10-6-4-7-11-22)23-12-8-5-9-13-23/h4-13,19-20,24H,3,14-18H2,1-2H3,(H,28,32). The van der Waals surface area contributed by atoms with Gasteiger partial charge in [-0.15, -0.1) is 0 Å². The fraction of sp³-hybridized carbons (Fsp3) is 0.333. The fourth-order valence-corrected chi connectivity index (χ4v) is 3.83. The number of rotatable bonds is 11. The first-order valence-electron chi connectivity index (χ1n) is 11.5. The third-order valence-corrected chi connectivity index (χ3v) is 5.55. The molecule has 0 fully saturated rings. The lowest BCUT2D eigenvalue weighted by Crippen LogP contribution is -2.36. The molecule has 0 aliphatic heterocycles. The third kappa shape index (κ3) is 7.24. The molecule has 2 amide bonds. The van der Waals surface area contributed by atoms with Gasteiger partial charge in [-0.25, -0.2) is 4.98 Å². The third-order valence-electron chi connectivity index (χ3n) is 5.55. The molecule has 172 valence electrons. The number of nitrogens with zero attached hydrogens (tertiary/aromatic N) is 3. The van der Waals surface area contributed by atoms with Crippen LogP contribution in [0, 0.1) is 6.92 Å². The maximum absolute atomic E-state index is 12.8. The number of benzene rings is 2. The summed E-state index contributed by atoms with van der Waals surface area (Å²) in [5.41, 5.74) is 3.54. The molecule has 3 rings (SSSR count). The van der Waals surface area contributed by atoms with Crippen LogP contribution >= 0.6 is 0 Å². The number of aryl methyl sites for hydroxylation is 1. The summed E-state index contributed by atoms with van der Waals surface area (Å²) in [7, 11) is 0. The second-order valence-electron chi connectivity index (χ2n) is 8.10. The highest BCUT2D eigenvalue weighted by Crippen LogP contribution is 2.27. The molecule has 33 heavy (non-hydrogen) atoms. The number of hydrogen-bond donors (Lipinski definition) is 1. The van der Waals surface area contributed by atoms with Crippen molar-refractivity contribution in [3.63, 3.8) is 0 Å². The quantitative estimate of drug-likeness (QED) is 0.477. The molecule has 0 bridgehead atoms. The summed E-state index contributed by atoms with van der Waals surface area (Å²) in [6.07, 6.45) is 4.94. The van der Waals surface area contributed by atoms with Gasteiger partial charge in [0, 0.05) is 38.2 Å². The van der Waals surface area contributed by atoms with Gasteiger partial charge in [-0.2, -0.15) is 0 Å². The largest absolute Gasteiger partial charge is 0.356 e. The molecule has 0 atom stereocenters. The van der Waals surface area contributed by atoms with Gasteiger partial charge in [0.25, 0.3) is 5.91 Å². The Hall–Kier alpha value is -3.54. The first kappa shape index (κ1) is 24.1. The summed E-state index contributed by atoms with van der Waals surface area (Å²) in [5.74, 6) is -0.0323. The van der Waals surface area contributed by atoms with E-state index in [2.05, 4.69) is 39.6 Å². The Morgan fingerprint density at radius 3 is 2.09 bits per heavy atom. The van der Waals surface area contributed by atoms with Crippen molar-refractivity contribution in [2.45, 2.75) is 39.0 Å². The molecule has 0 saturated heterocycles. The Morgan fingerprint density at radius 2 is 1.55 bits per heavy atom. The molecule has 0 aliphatic rings. The van der Waals surface area contributed by atoms with E-state index in [1.165, 1.54) is 17.3 Å². The van der Waals surface area contributed by atoms with E-state index in [4.69, 9.17) is 0 Å². The zero-order chi connectivity index (χ0) is 23.5. The number of aromatic nitrogens is 2. The predicted octanol–water partition coefficient (Wildman–Crippen LogP) is 4.37. The van der Waals surface area contributed by atoms with Crippen molar-refractivity contribution in [1.29, 1.82) is 0 Å². The van der Waals surface area contributed by atoms with E-state index in [1.54, 1.807) is 11.1 Å². The van der Waals surface area contributed by atoms with Gasteiger partial charge in [-0.3, -0.25) is 14.6 Å². The zero-order valence-electron chi connectivity index (χ0n) is 19.4. The Bertz CT molecular complexity index is 968. The van der Waals surface area contributed by atoms with Crippen LogP contribution in [0.1, 0.15) is 59.4 Å². The van der Waals surface area contributed by atoms with Crippen LogP contribution < -0.4 is 5.32 Å². The van der Waals surface area contributed by atoms with Crippen molar-refractivity contribution in [3.05, 3.63) is 95.6 Å². The van der Waals surface area contributed by atoms with E-state index < -0.39 is 0 Å². The Morgan fingerprint density at radius 1 is 0.909 bits per heavy atom. The number of nitrogens with one attached hydrogen (secondary N) is 1. The molecule has 6 nitrogen and oxygen atoms in total. The van der Waals surface area contributed by atoms with Gasteiger partial charge in [-0.1, -0.05) is 67.6 Å². The van der Waals surface area contributed by atoms with Crippen molar-refractivity contribution >= 4 is 11.8 Å². The van der Waals surface area contributed by atoms with Crippen LogP contribution in [0.15, 0.2) is 73.1 Å². The molecule has 3 aromatic rings. The Kier molecular flexibility index (Phi) is 9.12. The summed E-state index contributed by atoms with van der Waals surface area (Å²) < 4.78 is 0. The van der Waals surface area contributed by atoms with E-state index in [0.717, 1.165) is 18.5 Å². The van der Waals surface area contributed by atoms with Crippen molar-refractivity contribution in [2.24, 2.45) is 0 Å². The van der Waals surface area contributed by atoms with Gasteiger partial charge in [0.05, 0.1) is 11.9 Å². The number of carbonyl (C=O) groups is 2. The molecule has 0 aliphatic carbocycles. The van der Waals surface area contributed by atoms with E-state index in [9.17, 15) is 9.59 Å². The SMILES string of the molecule is CCCN(CCC(=O)NCCC(c1ccccc1)c1ccccc1)C(=O)c1cnc(C)cn1. The molecule has 1 aromatic heterocycles. The second kappa shape index (κ2) is 12.5. The van der Waals surface area contributed by atoms with E-state index >= 15 is 0 Å². The topological polar surface area (TPSA) is 75.2 Å². The molecule has 0 radical (unpaired) electrons. The van der Waals surface area contributed by atoms with Crippen LogP contribution in [0.2, 0.25) is 0 Å². The Balaban J connectivity index is 1.53. The first-order valence-corrected chi connectivity index (χ1v) is 11.5. The van der Waals surface area contributed by atoms with Crippen LogP contribution in [0.4, 0.5) is 0 Å². The average molecular weight is 445 g/mol. The van der Waals surface area contributed by atoms with Crippen LogP contribution in [0.25, 0.3) is 0 Å². The van der Waals surface area contributed by atoms with Gasteiger partial charge in [0.15, 0.2) is 0 Å². The van der Waals surface area contributed by atoms with E-state index in [1.807, 2.05) is 50.2 Å². The summed E-state index contributed by atoms with van der Waals surface area (Å²) in [6, 6.07) is 20.7. The van der Waals surface area contributed by atoms with Gasteiger partial charge >= 0.3 is 0 Å². The van der Waals surface area contributed by atoms with Gasteiger partial charge in [0.2, 0.25) is 5.91 Å². The molecule has 0 unspecified atom stereocenters. The highest BCUT2D eigenvalue weighted by Gasteiger charge is 2.18. The van der Waals surface area contributed by atoms with Crippen LogP contribution in [0.3, 0.4) is 0 Å². The highest BCUT2D eigenvalue weighted by molar-refractivity contribution is 5.92. The minimum Gasteiger partial charge on any atom is -0.356 e. The van der Waals surface area contributed by atoms with Gasteiger partial charge in [-0.05, 0) is 30.9 Å². The lowest BCUT2D eigenvalue weighted by molar-refractivity contribution is -0.121. The summed E-state index contributed by atoms with van der Waals surface area (Å²) in [5, 5.41) is 3.03. The molecule has 0 spiro atoms. The normalized spacial score (nSPS) is 10.8. The summed E-state index contributed by atoms with van der Waals surface area (Å²) >= 11 is 0. The fourth-order valence-electron chi connectivity index (χ4n) is 3.83. The molecule has 6 heteroatoms. The molecular formula is C27H32N4O2. The first-order chi connectivity index (χ1) is 16.1. The average Bonchev–Trinajstić information content (AvgIpc) is 2.85. The van der Waals surface area contributed by atoms with Crippen molar-refractivity contribution in [3.8, 4) is 0 Å². The predicted molar refractivity (Wildman–Crippen MR) is 130 cm³/mol. The zero-order valence-corrected chi connectivity index (χ0v) is 19.4. The minimum absolute atomic E-state index is 0.0567. The molecule has 1 N–H and O–H groups in total. The highest BCUT2D eigenvalue weighted by atomic mass is 16.2. The van der Waals surface area contributed by atoms with Crippen LogP contribution in [0.5, 0.6) is 0 Å². The number of amides is 2. The second-order valence-corrected chi connectivity index (χ2v) is 8.10. The van der Waals surface area contributed by atoms with Gasteiger partial charge in [0.1, 0.15) is 5.69 Å². The lowest BCUT2D eigenvalue weighted by atomic mass is 9.88. The van der Waals surface area contributed by atoms with Crippen molar-refractivity contribution < 1.29 is 9.59 Å². The number of carbonyl (C=O) groups excluding carboxylic acids is 2. The maximum Gasteiger partial charge on any atom is 0.274 e. The van der Waals surface area contributed by atoms with Crippen LogP contribution in [-0.4, -0.2) is 46.3 Å². The van der Waals surface area contributed by atoms with E-state index in [0.29, 0.717) is 25.3 Å². The molecular weight excluding hydrogens is 412 g/mol. The van der Waals surface area contributed by atoms with Crippen molar-refractivity contribution in [1.82, 2.24) is 20.2 Å². The maximum atomic E-state index is 12.8. The number of hydrogen-bond acceptors (Lipinski definition) is 4. The minimum atomic E-state index is -0.189. The summed E-state index contributed by atoms with van der Waals surface area (Å²) in [6.45, 7) is 5.34. The molecule has 1 heterocycles. The van der Waals surface area contributed by atoms with Gasteiger partial charge < -0.3 is 10.2 Å². The summed E-state index contributed by atoms with van der Waals surface area (Å²) in [4.78, 5) is 35.3. The Labute approximate surface area is 196 Å². The lowest BCUT2D eigenvalue weighted by Gasteiger charge is -2.22. The monoisotopic (exact) mass is 444 g/mol. The molecule has 0 saturated carbocycles. The smallest absolute Gasteiger partial charge is 0.274 e. The molecule has 2 aromatic carbocycles. The van der Waals surface area contributed by atoms with Crippen molar-refractivity contribution in [2.75, 3.05) is 19.6 Å².